The maximum Gasteiger partial charge on any atom is 0.214 e. The third kappa shape index (κ3) is 2.87. The lowest BCUT2D eigenvalue weighted by atomic mass is 10.3. The van der Waals surface area contributed by atoms with E-state index in [1.807, 2.05) is 30.3 Å². The molecule has 0 aliphatic carbocycles. The number of nitrogens with two attached hydrogens (primary N) is 1. The molecule has 12 heavy (non-hydrogen) atoms. The Kier molecular flexibility index (Phi) is 3.53. The van der Waals surface area contributed by atoms with E-state index in [2.05, 4.69) is 15.1 Å². The molecule has 0 saturated carbocycles. The van der Waals surface area contributed by atoms with Crippen molar-refractivity contribution in [3.05, 3.63) is 30.3 Å². The number of nitrogens with one attached hydrogen (secondary N) is 1. The zero-order valence-corrected chi connectivity index (χ0v) is 6.86. The predicted octanol–water partition coefficient (Wildman–Crippen LogP) is 0.919. The van der Waals surface area contributed by atoms with E-state index in [-0.39, 0.29) is 0 Å². The Morgan fingerprint density at radius 2 is 2.00 bits per heavy atom. The second-order valence-corrected chi connectivity index (χ2v) is 2.19. The van der Waals surface area contributed by atoms with Crippen molar-refractivity contribution in [2.45, 2.75) is 6.35 Å². The van der Waals surface area contributed by atoms with E-state index < -0.39 is 6.35 Å². The molecule has 66 valence electrons. The van der Waals surface area contributed by atoms with Crippen molar-refractivity contribution in [2.75, 3.05) is 12.4 Å². The monoisotopic (exact) mass is 168 g/mol. The highest BCUT2D eigenvalue weighted by Gasteiger charge is 1.99. The number of para-hydroxylation sites is 1. The molecular formula is C8H12N2O2. The minimum atomic E-state index is -0.641. The van der Waals surface area contributed by atoms with Gasteiger partial charge in [-0.1, -0.05) is 18.2 Å². The Morgan fingerprint density at radius 3 is 2.58 bits per heavy atom. The van der Waals surface area contributed by atoms with Gasteiger partial charge in [0.05, 0.1) is 7.11 Å². The van der Waals surface area contributed by atoms with Gasteiger partial charge in [-0.05, 0) is 12.1 Å². The molecule has 1 atom stereocenters. The standard InChI is InChI=1S/C8H12N2O2/c1-11-12-8(9)10-7-5-3-2-4-6-7/h2-6,8,10H,9H2,1H3/t8-/m0/s1. The third-order valence-electron chi connectivity index (χ3n) is 1.28. The van der Waals surface area contributed by atoms with Crippen LogP contribution in [0.3, 0.4) is 0 Å². The lowest BCUT2D eigenvalue weighted by molar-refractivity contribution is -0.296. The highest BCUT2D eigenvalue weighted by atomic mass is 17.2. The molecule has 0 unspecified atom stereocenters. The highest BCUT2D eigenvalue weighted by molar-refractivity contribution is 5.42. The maximum atomic E-state index is 5.46. The van der Waals surface area contributed by atoms with Gasteiger partial charge in [0.1, 0.15) is 0 Å². The first-order valence-electron chi connectivity index (χ1n) is 3.59. The Morgan fingerprint density at radius 1 is 1.33 bits per heavy atom. The number of benzene rings is 1. The summed E-state index contributed by atoms with van der Waals surface area (Å²) in [5.41, 5.74) is 6.35. The third-order valence-corrected chi connectivity index (χ3v) is 1.28. The second-order valence-electron chi connectivity index (χ2n) is 2.19. The first-order valence-corrected chi connectivity index (χ1v) is 3.59. The van der Waals surface area contributed by atoms with Gasteiger partial charge in [-0.2, -0.15) is 4.89 Å². The average molecular weight is 168 g/mol. The van der Waals surface area contributed by atoms with Crippen molar-refractivity contribution < 1.29 is 9.78 Å². The number of anilines is 1. The van der Waals surface area contributed by atoms with Crippen LogP contribution in [0.1, 0.15) is 0 Å². The fourth-order valence-electron chi connectivity index (χ4n) is 0.826. The second kappa shape index (κ2) is 4.71. The Bertz CT molecular complexity index is 216. The lowest BCUT2D eigenvalue weighted by Gasteiger charge is -2.12. The molecule has 0 radical (unpaired) electrons. The molecule has 0 fully saturated rings. The van der Waals surface area contributed by atoms with Gasteiger partial charge in [0.2, 0.25) is 6.35 Å². The molecule has 4 heteroatoms. The smallest absolute Gasteiger partial charge is 0.214 e. The molecule has 4 nitrogen and oxygen atoms in total. The van der Waals surface area contributed by atoms with Crippen LogP contribution in [0.15, 0.2) is 30.3 Å². The highest BCUT2D eigenvalue weighted by Crippen LogP contribution is 2.05. The van der Waals surface area contributed by atoms with E-state index in [1.54, 1.807) is 0 Å². The van der Waals surface area contributed by atoms with Crippen molar-refractivity contribution >= 4 is 5.69 Å². The fourth-order valence-corrected chi connectivity index (χ4v) is 0.826. The van der Waals surface area contributed by atoms with Gasteiger partial charge in [0.25, 0.3) is 0 Å². The van der Waals surface area contributed by atoms with Crippen LogP contribution < -0.4 is 11.1 Å². The zero-order chi connectivity index (χ0) is 8.81. The van der Waals surface area contributed by atoms with Crippen LogP contribution >= 0.6 is 0 Å². The average Bonchev–Trinajstić information content (AvgIpc) is 2.06. The summed E-state index contributed by atoms with van der Waals surface area (Å²) in [7, 11) is 1.41. The van der Waals surface area contributed by atoms with Crippen LogP contribution in [0.2, 0.25) is 0 Å². The molecule has 0 aliphatic heterocycles. The van der Waals surface area contributed by atoms with E-state index in [0.717, 1.165) is 5.69 Å². The molecule has 3 N–H and O–H groups in total. The molecule has 0 saturated heterocycles. The van der Waals surface area contributed by atoms with Crippen LogP contribution in [0.25, 0.3) is 0 Å². The number of rotatable bonds is 4. The van der Waals surface area contributed by atoms with Crippen LogP contribution in [0.4, 0.5) is 5.69 Å². The number of hydrogen-bond acceptors (Lipinski definition) is 4. The van der Waals surface area contributed by atoms with Crippen molar-refractivity contribution in [1.82, 2.24) is 0 Å². The topological polar surface area (TPSA) is 56.5 Å². The molecule has 0 spiro atoms. The molecular weight excluding hydrogens is 156 g/mol. The number of hydrogen-bond donors (Lipinski definition) is 2. The summed E-state index contributed by atoms with van der Waals surface area (Å²) < 4.78 is 0. The molecule has 1 rings (SSSR count). The molecule has 0 amide bonds. The van der Waals surface area contributed by atoms with E-state index in [4.69, 9.17) is 5.73 Å². The van der Waals surface area contributed by atoms with E-state index >= 15 is 0 Å². The summed E-state index contributed by atoms with van der Waals surface area (Å²) >= 11 is 0. The lowest BCUT2D eigenvalue weighted by Crippen LogP contribution is -2.32. The van der Waals surface area contributed by atoms with Crippen LogP contribution in [0, 0.1) is 0 Å². The molecule has 0 aliphatic rings. The van der Waals surface area contributed by atoms with Crippen LogP contribution in [-0.2, 0) is 9.78 Å². The first kappa shape index (κ1) is 8.99. The van der Waals surface area contributed by atoms with Crippen molar-refractivity contribution in [2.24, 2.45) is 5.73 Å². The summed E-state index contributed by atoms with van der Waals surface area (Å²) in [6.07, 6.45) is -0.641. The normalized spacial score (nSPS) is 12.5. The van der Waals surface area contributed by atoms with E-state index in [1.165, 1.54) is 7.11 Å². The largest absolute Gasteiger partial charge is 0.346 e. The molecule has 1 aromatic carbocycles. The van der Waals surface area contributed by atoms with E-state index in [9.17, 15) is 0 Å². The molecule has 0 heterocycles. The van der Waals surface area contributed by atoms with Crippen molar-refractivity contribution in [1.29, 1.82) is 0 Å². The predicted molar refractivity (Wildman–Crippen MR) is 46.1 cm³/mol. The minimum Gasteiger partial charge on any atom is -0.346 e. The Labute approximate surface area is 71.2 Å². The van der Waals surface area contributed by atoms with Gasteiger partial charge < -0.3 is 5.32 Å². The SMILES string of the molecule is COO[C@@H](N)Nc1ccccc1. The summed E-state index contributed by atoms with van der Waals surface area (Å²) in [5, 5.41) is 2.87. The van der Waals surface area contributed by atoms with Crippen molar-refractivity contribution in [3.63, 3.8) is 0 Å². The molecule has 0 bridgehead atoms. The van der Waals surface area contributed by atoms with Gasteiger partial charge in [0, 0.05) is 5.69 Å². The molecule has 0 aromatic heterocycles. The van der Waals surface area contributed by atoms with Crippen molar-refractivity contribution in [3.8, 4) is 0 Å². The van der Waals surface area contributed by atoms with Gasteiger partial charge in [-0.25, -0.2) is 4.89 Å². The Hall–Kier alpha value is -1.10. The van der Waals surface area contributed by atoms with Gasteiger partial charge in [0.15, 0.2) is 0 Å². The van der Waals surface area contributed by atoms with Gasteiger partial charge in [-0.15, -0.1) is 0 Å². The van der Waals surface area contributed by atoms with Gasteiger partial charge in [-0.3, -0.25) is 5.73 Å². The maximum absolute atomic E-state index is 5.46. The zero-order valence-electron chi connectivity index (χ0n) is 6.86. The molecule has 1 aromatic rings. The minimum absolute atomic E-state index is 0.641. The van der Waals surface area contributed by atoms with Crippen LogP contribution in [-0.4, -0.2) is 13.5 Å². The van der Waals surface area contributed by atoms with E-state index in [0.29, 0.717) is 0 Å². The fraction of sp³-hybridized carbons (Fsp3) is 0.250. The summed E-state index contributed by atoms with van der Waals surface area (Å²) in [4.78, 5) is 9.00. The summed E-state index contributed by atoms with van der Waals surface area (Å²) in [5.74, 6) is 0. The van der Waals surface area contributed by atoms with Gasteiger partial charge >= 0.3 is 0 Å². The Balaban J connectivity index is 2.41. The first-order chi connectivity index (χ1) is 5.83. The summed E-state index contributed by atoms with van der Waals surface area (Å²) in [6, 6.07) is 9.51. The quantitative estimate of drug-likeness (QED) is 0.399. The summed E-state index contributed by atoms with van der Waals surface area (Å²) in [6.45, 7) is 0. The van der Waals surface area contributed by atoms with Crippen LogP contribution in [0.5, 0.6) is 0 Å².